The first kappa shape index (κ1) is 16.9. The predicted molar refractivity (Wildman–Crippen MR) is 92.0 cm³/mol. The van der Waals surface area contributed by atoms with Gasteiger partial charge in [-0.25, -0.2) is 9.37 Å². The van der Waals surface area contributed by atoms with Gasteiger partial charge in [0.2, 0.25) is 0 Å². The number of thiophene rings is 1. The highest BCUT2D eigenvalue weighted by Gasteiger charge is 2.34. The van der Waals surface area contributed by atoms with Gasteiger partial charge in [0.1, 0.15) is 11.6 Å². The third-order valence-corrected chi connectivity index (χ3v) is 5.17. The number of carbonyl (C=O) groups excluding carboxylic acids is 1. The van der Waals surface area contributed by atoms with Crippen molar-refractivity contribution < 1.29 is 14.3 Å². The van der Waals surface area contributed by atoms with Gasteiger partial charge in [-0.2, -0.15) is 0 Å². The summed E-state index contributed by atoms with van der Waals surface area (Å²) >= 11 is 1.39. The molecule has 0 saturated carbocycles. The van der Waals surface area contributed by atoms with Gasteiger partial charge < -0.3 is 15.3 Å². The van der Waals surface area contributed by atoms with Gasteiger partial charge in [0.05, 0.1) is 16.7 Å². The number of aromatic nitrogens is 1. The van der Waals surface area contributed by atoms with Crippen LogP contribution in [0.2, 0.25) is 0 Å². The molecule has 5 nitrogen and oxygen atoms in total. The monoisotopic (exact) mass is 349 g/mol. The van der Waals surface area contributed by atoms with Crippen molar-refractivity contribution in [1.29, 1.82) is 0 Å². The molecule has 1 amide bonds. The fraction of sp³-hybridized carbons (Fsp3) is 0.412. The lowest BCUT2D eigenvalue weighted by atomic mass is 9.92. The van der Waals surface area contributed by atoms with Gasteiger partial charge in [0, 0.05) is 19.6 Å². The number of piperidine rings is 1. The molecule has 2 N–H and O–H groups in total. The topological polar surface area (TPSA) is 65.5 Å². The molecule has 128 valence electrons. The van der Waals surface area contributed by atoms with Gasteiger partial charge in [-0.15, -0.1) is 11.3 Å². The summed E-state index contributed by atoms with van der Waals surface area (Å²) in [5, 5.41) is 15.5. The van der Waals surface area contributed by atoms with Crippen molar-refractivity contribution in [2.75, 3.05) is 24.5 Å². The van der Waals surface area contributed by atoms with Crippen LogP contribution in [0.25, 0.3) is 0 Å². The number of rotatable bonds is 4. The Morgan fingerprint density at radius 3 is 3.04 bits per heavy atom. The highest BCUT2D eigenvalue weighted by atomic mass is 32.1. The normalized spacial score (nSPS) is 20.9. The maximum Gasteiger partial charge on any atom is 0.261 e. The molecule has 1 atom stereocenters. The minimum Gasteiger partial charge on any atom is -0.386 e. The molecular formula is C17H20FN3O2S. The lowest BCUT2D eigenvalue weighted by molar-refractivity contribution is 0.0255. The number of hydrogen-bond acceptors (Lipinski definition) is 5. The van der Waals surface area contributed by atoms with Gasteiger partial charge >= 0.3 is 0 Å². The van der Waals surface area contributed by atoms with E-state index >= 15 is 0 Å². The second-order valence-electron chi connectivity index (χ2n) is 6.26. The Labute approximate surface area is 144 Å². The number of aryl methyl sites for hydroxylation is 1. The van der Waals surface area contributed by atoms with Crippen LogP contribution in [0.4, 0.5) is 10.2 Å². The average Bonchev–Trinajstić information content (AvgIpc) is 3.00. The lowest BCUT2D eigenvalue weighted by Crippen LogP contribution is -2.54. The Morgan fingerprint density at radius 2 is 2.38 bits per heavy atom. The van der Waals surface area contributed by atoms with Crippen LogP contribution in [0.15, 0.2) is 29.8 Å². The van der Waals surface area contributed by atoms with Crippen molar-refractivity contribution in [2.24, 2.45) is 0 Å². The molecular weight excluding hydrogens is 329 g/mol. The molecule has 0 bridgehead atoms. The molecule has 0 aromatic carbocycles. The van der Waals surface area contributed by atoms with Gasteiger partial charge in [-0.3, -0.25) is 4.79 Å². The van der Waals surface area contributed by atoms with Crippen molar-refractivity contribution in [3.05, 3.63) is 46.0 Å². The molecule has 3 heterocycles. The van der Waals surface area contributed by atoms with E-state index in [2.05, 4.69) is 10.3 Å². The molecule has 2 aromatic heterocycles. The zero-order valence-corrected chi connectivity index (χ0v) is 14.3. The van der Waals surface area contributed by atoms with E-state index in [1.807, 2.05) is 23.3 Å². The van der Waals surface area contributed by atoms with Crippen LogP contribution in [0.3, 0.4) is 0 Å². The van der Waals surface area contributed by atoms with E-state index in [0.717, 1.165) is 18.5 Å². The predicted octanol–water partition coefficient (Wildman–Crippen LogP) is 2.35. The standard InChI is InChI=1S/C17H20FN3O2S/c1-12-7-14(24-9-12)16(22)20-10-17(23)5-2-6-21(11-17)15-4-3-13(18)8-19-15/h3-4,7-9,23H,2,5-6,10-11H2,1H3,(H,20,22). The van der Waals surface area contributed by atoms with Crippen molar-refractivity contribution in [1.82, 2.24) is 10.3 Å². The minimum absolute atomic E-state index is 0.168. The number of halogens is 1. The van der Waals surface area contributed by atoms with E-state index in [4.69, 9.17) is 0 Å². The summed E-state index contributed by atoms with van der Waals surface area (Å²) in [5.41, 5.74) is 0.0334. The van der Waals surface area contributed by atoms with Gasteiger partial charge in [-0.1, -0.05) is 0 Å². The van der Waals surface area contributed by atoms with E-state index in [1.165, 1.54) is 23.6 Å². The molecule has 1 unspecified atom stereocenters. The van der Waals surface area contributed by atoms with Crippen molar-refractivity contribution in [2.45, 2.75) is 25.4 Å². The van der Waals surface area contributed by atoms with Gasteiger partial charge in [-0.05, 0) is 48.9 Å². The number of nitrogens with one attached hydrogen (secondary N) is 1. The van der Waals surface area contributed by atoms with Crippen LogP contribution in [-0.4, -0.2) is 41.2 Å². The van der Waals surface area contributed by atoms with Crippen molar-refractivity contribution in [3.63, 3.8) is 0 Å². The Kier molecular flexibility index (Phi) is 4.82. The Bertz CT molecular complexity index is 719. The quantitative estimate of drug-likeness (QED) is 0.889. The Hall–Kier alpha value is -1.99. The maximum absolute atomic E-state index is 13.0. The van der Waals surface area contributed by atoms with E-state index in [-0.39, 0.29) is 18.3 Å². The number of hydrogen-bond donors (Lipinski definition) is 2. The van der Waals surface area contributed by atoms with E-state index in [1.54, 1.807) is 6.07 Å². The van der Waals surface area contributed by atoms with Crippen LogP contribution in [0.5, 0.6) is 0 Å². The molecule has 1 saturated heterocycles. The summed E-state index contributed by atoms with van der Waals surface area (Å²) in [4.78, 5) is 18.8. The molecule has 0 radical (unpaired) electrons. The fourth-order valence-corrected chi connectivity index (χ4v) is 3.70. The first-order valence-electron chi connectivity index (χ1n) is 7.87. The molecule has 2 aromatic rings. The number of carbonyl (C=O) groups is 1. The maximum atomic E-state index is 13.0. The summed E-state index contributed by atoms with van der Waals surface area (Å²) in [6, 6.07) is 4.80. The highest BCUT2D eigenvalue weighted by Crippen LogP contribution is 2.25. The second kappa shape index (κ2) is 6.86. The smallest absolute Gasteiger partial charge is 0.261 e. The van der Waals surface area contributed by atoms with Crippen LogP contribution in [-0.2, 0) is 0 Å². The van der Waals surface area contributed by atoms with Gasteiger partial charge in [0.15, 0.2) is 0 Å². The number of aliphatic hydroxyl groups is 1. The van der Waals surface area contributed by atoms with E-state index in [0.29, 0.717) is 23.7 Å². The molecule has 3 rings (SSSR count). The van der Waals surface area contributed by atoms with Crippen molar-refractivity contribution in [3.8, 4) is 0 Å². The third-order valence-electron chi connectivity index (χ3n) is 4.12. The lowest BCUT2D eigenvalue weighted by Gasteiger charge is -2.39. The molecule has 7 heteroatoms. The van der Waals surface area contributed by atoms with E-state index in [9.17, 15) is 14.3 Å². The Morgan fingerprint density at radius 1 is 1.54 bits per heavy atom. The second-order valence-corrected chi connectivity index (χ2v) is 7.17. The van der Waals surface area contributed by atoms with Crippen LogP contribution in [0.1, 0.15) is 28.1 Å². The molecule has 1 fully saturated rings. The average molecular weight is 349 g/mol. The molecule has 1 aliphatic heterocycles. The summed E-state index contributed by atoms with van der Waals surface area (Å²) in [6.45, 7) is 3.23. The van der Waals surface area contributed by atoms with Crippen molar-refractivity contribution >= 4 is 23.1 Å². The van der Waals surface area contributed by atoms with E-state index < -0.39 is 5.60 Å². The number of pyridine rings is 1. The largest absolute Gasteiger partial charge is 0.386 e. The van der Waals surface area contributed by atoms with Crippen LogP contribution in [0, 0.1) is 12.7 Å². The summed E-state index contributed by atoms with van der Waals surface area (Å²) in [6.07, 6.45) is 2.56. The molecule has 24 heavy (non-hydrogen) atoms. The number of β-amino-alcohol motifs (C(OH)–C–C–N with tert-alkyl or cyclic N) is 1. The molecule has 0 aliphatic carbocycles. The third kappa shape index (κ3) is 3.91. The SMILES string of the molecule is Cc1csc(C(=O)NCC2(O)CCCN(c3ccc(F)cn3)C2)c1. The first-order valence-corrected chi connectivity index (χ1v) is 8.75. The van der Waals surface area contributed by atoms with Gasteiger partial charge in [0.25, 0.3) is 5.91 Å². The van der Waals surface area contributed by atoms with Crippen LogP contribution >= 0.6 is 11.3 Å². The zero-order chi connectivity index (χ0) is 17.2. The zero-order valence-electron chi connectivity index (χ0n) is 13.5. The highest BCUT2D eigenvalue weighted by molar-refractivity contribution is 7.12. The number of amides is 1. The molecule has 1 aliphatic rings. The minimum atomic E-state index is -1.02. The van der Waals surface area contributed by atoms with Crippen LogP contribution < -0.4 is 10.2 Å². The fourth-order valence-electron chi connectivity index (χ4n) is 2.89. The summed E-state index contributed by atoms with van der Waals surface area (Å²) in [5.74, 6) is 0.0813. The number of anilines is 1. The number of nitrogens with zero attached hydrogens (tertiary/aromatic N) is 2. The summed E-state index contributed by atoms with van der Waals surface area (Å²) < 4.78 is 13.0. The summed E-state index contributed by atoms with van der Waals surface area (Å²) in [7, 11) is 0. The first-order chi connectivity index (χ1) is 11.5. The molecule has 0 spiro atoms. The Balaban J connectivity index is 1.62.